The molecule has 0 saturated carbocycles. The van der Waals surface area contributed by atoms with E-state index in [4.69, 9.17) is 4.74 Å². The Kier molecular flexibility index (Phi) is 4.81. The maximum absolute atomic E-state index is 12.3. The van der Waals surface area contributed by atoms with Crippen LogP contribution in [0.1, 0.15) is 25.8 Å². The first-order valence-corrected chi connectivity index (χ1v) is 8.74. The topological polar surface area (TPSA) is 123 Å². The fourth-order valence-electron chi connectivity index (χ4n) is 3.18. The molecule has 12 heteroatoms. The second-order valence-corrected chi connectivity index (χ2v) is 6.59. The van der Waals surface area contributed by atoms with E-state index in [1.54, 1.807) is 16.8 Å². The monoisotopic (exact) mass is 395 g/mol. The second kappa shape index (κ2) is 7.28. The van der Waals surface area contributed by atoms with Gasteiger partial charge in [-0.3, -0.25) is 0 Å². The quantitative estimate of drug-likeness (QED) is 0.579. The minimum atomic E-state index is -2.94. The van der Waals surface area contributed by atoms with Crippen molar-refractivity contribution in [2.45, 2.75) is 38.0 Å². The summed E-state index contributed by atoms with van der Waals surface area (Å²) in [5, 5.41) is 28.3. The molecule has 1 aliphatic heterocycles. The van der Waals surface area contributed by atoms with Crippen molar-refractivity contribution >= 4 is 22.8 Å². The summed E-state index contributed by atoms with van der Waals surface area (Å²) in [5.41, 5.74) is 0.0852. The van der Waals surface area contributed by atoms with Crippen molar-refractivity contribution in [1.29, 1.82) is 0 Å². The number of nitrogens with one attached hydrogen (secondary N) is 2. The maximum Gasteiger partial charge on any atom is 0.388 e. The van der Waals surface area contributed by atoms with Gasteiger partial charge in [0.05, 0.1) is 11.6 Å². The second-order valence-electron chi connectivity index (χ2n) is 6.59. The standard InChI is InChI=1S/C16H19F2N7O3/c1-9(16(26)4-6-27-7-5-16)25-14-10(21-24-25)2-3-11(20-14)19-12-8-13(23-22-12)28-15(17)18/h2-3,8-9,15,26H,4-7H2,1H3,(H2,19,20,22,23)/t9-/m1/s1. The summed E-state index contributed by atoms with van der Waals surface area (Å²) in [6.45, 7) is -0.116. The van der Waals surface area contributed by atoms with E-state index < -0.39 is 12.2 Å². The Morgan fingerprint density at radius 3 is 2.86 bits per heavy atom. The van der Waals surface area contributed by atoms with E-state index in [2.05, 4.69) is 35.5 Å². The molecule has 1 fully saturated rings. The molecule has 150 valence electrons. The Hall–Kier alpha value is -2.86. The summed E-state index contributed by atoms with van der Waals surface area (Å²) in [7, 11) is 0. The molecule has 0 aliphatic carbocycles. The molecular formula is C16H19F2N7O3. The highest BCUT2D eigenvalue weighted by molar-refractivity contribution is 5.73. The van der Waals surface area contributed by atoms with E-state index in [0.717, 1.165) is 0 Å². The van der Waals surface area contributed by atoms with Gasteiger partial charge in [-0.25, -0.2) is 14.8 Å². The molecule has 1 aliphatic rings. The van der Waals surface area contributed by atoms with Crippen LogP contribution in [0.4, 0.5) is 20.4 Å². The number of hydrogen-bond acceptors (Lipinski definition) is 8. The minimum Gasteiger partial charge on any atom is -0.417 e. The Balaban J connectivity index is 1.58. The van der Waals surface area contributed by atoms with Crippen LogP contribution in [0.3, 0.4) is 0 Å². The normalized spacial score (nSPS) is 17.8. The lowest BCUT2D eigenvalue weighted by Gasteiger charge is -2.36. The van der Waals surface area contributed by atoms with E-state index in [0.29, 0.717) is 43.0 Å². The van der Waals surface area contributed by atoms with Crippen molar-refractivity contribution < 1.29 is 23.4 Å². The summed E-state index contributed by atoms with van der Waals surface area (Å²) >= 11 is 0. The first-order valence-electron chi connectivity index (χ1n) is 8.74. The molecule has 0 unspecified atom stereocenters. The third kappa shape index (κ3) is 3.60. The van der Waals surface area contributed by atoms with Crippen molar-refractivity contribution in [2.24, 2.45) is 0 Å². The van der Waals surface area contributed by atoms with Gasteiger partial charge in [-0.05, 0) is 19.1 Å². The highest BCUT2D eigenvalue weighted by Gasteiger charge is 2.38. The molecule has 0 amide bonds. The number of aromatic nitrogens is 6. The number of rotatable bonds is 6. The van der Waals surface area contributed by atoms with Gasteiger partial charge >= 0.3 is 6.61 Å². The molecule has 4 rings (SSSR count). The molecule has 3 aromatic rings. The van der Waals surface area contributed by atoms with Crippen LogP contribution < -0.4 is 10.1 Å². The molecule has 0 bridgehead atoms. The lowest BCUT2D eigenvalue weighted by Crippen LogP contribution is -2.43. The smallest absolute Gasteiger partial charge is 0.388 e. The van der Waals surface area contributed by atoms with Gasteiger partial charge in [0.25, 0.3) is 0 Å². The Morgan fingerprint density at radius 1 is 1.32 bits per heavy atom. The molecule has 1 atom stereocenters. The number of hydrogen-bond donors (Lipinski definition) is 3. The molecule has 0 spiro atoms. The van der Waals surface area contributed by atoms with Gasteiger partial charge in [-0.15, -0.1) is 5.10 Å². The molecule has 0 aromatic carbocycles. The van der Waals surface area contributed by atoms with Gasteiger partial charge in [0, 0.05) is 32.1 Å². The zero-order valence-electron chi connectivity index (χ0n) is 15.0. The number of ether oxygens (including phenoxy) is 2. The van der Waals surface area contributed by atoms with Gasteiger partial charge in [0.1, 0.15) is 11.3 Å². The van der Waals surface area contributed by atoms with Crippen LogP contribution in [-0.2, 0) is 4.74 Å². The van der Waals surface area contributed by atoms with Crippen molar-refractivity contribution in [3.63, 3.8) is 0 Å². The zero-order chi connectivity index (χ0) is 19.7. The average molecular weight is 395 g/mol. The molecule has 4 heterocycles. The van der Waals surface area contributed by atoms with Crippen LogP contribution in [0.5, 0.6) is 5.88 Å². The number of aliphatic hydroxyl groups is 1. The summed E-state index contributed by atoms with van der Waals surface area (Å²) in [6.07, 6.45) is 0.987. The van der Waals surface area contributed by atoms with E-state index >= 15 is 0 Å². The third-order valence-electron chi connectivity index (χ3n) is 4.85. The highest BCUT2D eigenvalue weighted by Crippen LogP contribution is 2.33. The highest BCUT2D eigenvalue weighted by atomic mass is 19.3. The first-order chi connectivity index (χ1) is 13.4. The van der Waals surface area contributed by atoms with Gasteiger partial charge in [0.2, 0.25) is 5.88 Å². The van der Waals surface area contributed by atoms with E-state index in [1.165, 1.54) is 6.07 Å². The molecule has 28 heavy (non-hydrogen) atoms. The van der Waals surface area contributed by atoms with Crippen LogP contribution >= 0.6 is 0 Å². The molecule has 10 nitrogen and oxygen atoms in total. The molecule has 3 N–H and O–H groups in total. The van der Waals surface area contributed by atoms with Gasteiger partial charge < -0.3 is 19.9 Å². The summed E-state index contributed by atoms with van der Waals surface area (Å²) < 4.78 is 35.7. The SMILES string of the molecule is C[C@@H](n1nnc2ccc(Nc3cc(OC(F)F)[nH]n3)nc21)C1(O)CCOCC1. The number of nitrogens with zero attached hydrogens (tertiary/aromatic N) is 5. The number of aromatic amines is 1. The number of fused-ring (bicyclic) bond motifs is 1. The third-order valence-corrected chi connectivity index (χ3v) is 4.85. The van der Waals surface area contributed by atoms with Crippen LogP contribution in [0.15, 0.2) is 18.2 Å². The molecule has 0 radical (unpaired) electrons. The van der Waals surface area contributed by atoms with E-state index in [1.807, 2.05) is 6.92 Å². The lowest BCUT2D eigenvalue weighted by atomic mass is 9.87. The van der Waals surface area contributed by atoms with Gasteiger partial charge in [-0.2, -0.15) is 13.9 Å². The molecular weight excluding hydrogens is 376 g/mol. The lowest BCUT2D eigenvalue weighted by molar-refractivity contribution is -0.0922. The van der Waals surface area contributed by atoms with Crippen LogP contribution in [0.2, 0.25) is 0 Å². The number of alkyl halides is 2. The minimum absolute atomic E-state index is 0.166. The van der Waals surface area contributed by atoms with Crippen molar-refractivity contribution in [2.75, 3.05) is 18.5 Å². The first kappa shape index (κ1) is 18.5. The molecule has 3 aromatic heterocycles. The Labute approximate surface area is 157 Å². The fourth-order valence-corrected chi connectivity index (χ4v) is 3.18. The Morgan fingerprint density at radius 2 is 2.11 bits per heavy atom. The predicted molar refractivity (Wildman–Crippen MR) is 93.5 cm³/mol. The van der Waals surface area contributed by atoms with Crippen molar-refractivity contribution in [1.82, 2.24) is 30.2 Å². The van der Waals surface area contributed by atoms with Gasteiger partial charge in [0.15, 0.2) is 11.5 Å². The van der Waals surface area contributed by atoms with Crippen LogP contribution in [0.25, 0.3) is 11.2 Å². The largest absolute Gasteiger partial charge is 0.417 e. The average Bonchev–Trinajstić information content (AvgIpc) is 3.27. The summed E-state index contributed by atoms with van der Waals surface area (Å²) in [4.78, 5) is 4.49. The van der Waals surface area contributed by atoms with Gasteiger partial charge in [-0.1, -0.05) is 5.21 Å². The maximum atomic E-state index is 12.3. The number of halogens is 2. The summed E-state index contributed by atoms with van der Waals surface area (Å²) in [6, 6.07) is 4.32. The summed E-state index contributed by atoms with van der Waals surface area (Å²) in [5.74, 6) is 0.510. The van der Waals surface area contributed by atoms with Crippen molar-refractivity contribution in [3.05, 3.63) is 18.2 Å². The Bertz CT molecular complexity index is 955. The fraction of sp³-hybridized carbons (Fsp3) is 0.500. The van der Waals surface area contributed by atoms with Crippen molar-refractivity contribution in [3.8, 4) is 5.88 Å². The van der Waals surface area contributed by atoms with E-state index in [9.17, 15) is 13.9 Å². The number of anilines is 2. The zero-order valence-corrected chi connectivity index (χ0v) is 15.0. The van der Waals surface area contributed by atoms with E-state index in [-0.39, 0.29) is 17.7 Å². The van der Waals surface area contributed by atoms with Crippen LogP contribution in [-0.4, -0.2) is 60.7 Å². The number of H-pyrrole nitrogens is 1. The van der Waals surface area contributed by atoms with Crippen LogP contribution in [0, 0.1) is 0 Å². The predicted octanol–water partition coefficient (Wildman–Crippen LogP) is 2.00. The molecule has 1 saturated heterocycles. The number of pyridine rings is 1.